The second-order valence-corrected chi connectivity index (χ2v) is 9.99. The van der Waals surface area contributed by atoms with Crippen molar-refractivity contribution in [3.8, 4) is 11.4 Å². The van der Waals surface area contributed by atoms with Gasteiger partial charge in [-0.25, -0.2) is 9.97 Å². The summed E-state index contributed by atoms with van der Waals surface area (Å²) in [4.78, 5) is 16.9. The van der Waals surface area contributed by atoms with Gasteiger partial charge in [0.1, 0.15) is 18.1 Å². The van der Waals surface area contributed by atoms with Gasteiger partial charge in [-0.3, -0.25) is 9.88 Å². The van der Waals surface area contributed by atoms with Crippen molar-refractivity contribution in [2.24, 2.45) is 5.92 Å². The molecule has 6 rings (SSSR count). The number of nitrogens with zero attached hydrogens (tertiary/aromatic N) is 4. The third kappa shape index (κ3) is 5.32. The molecule has 3 aromatic heterocycles. The fourth-order valence-corrected chi connectivity index (χ4v) is 5.87. The minimum atomic E-state index is -0.0512. The first kappa shape index (κ1) is 24.1. The zero-order valence-corrected chi connectivity index (χ0v) is 20.9. The van der Waals surface area contributed by atoms with E-state index in [4.69, 9.17) is 14.4 Å². The van der Waals surface area contributed by atoms with Crippen molar-refractivity contribution in [2.75, 3.05) is 19.6 Å². The lowest BCUT2D eigenvalue weighted by atomic mass is 9.74. The van der Waals surface area contributed by atoms with E-state index in [1.807, 2.05) is 36.7 Å². The van der Waals surface area contributed by atoms with E-state index in [2.05, 4.69) is 35.1 Å². The van der Waals surface area contributed by atoms with Crippen molar-refractivity contribution in [2.45, 2.75) is 70.6 Å². The SMILES string of the molecule is CCC(CC)c1cc([C@H]2CN3CC[C@H]2C[C@@H]3CNCc2ccc(CO)o2)nc(-c2ccncc2)n1. The highest BCUT2D eigenvalue weighted by molar-refractivity contribution is 5.54. The topological polar surface area (TPSA) is 87.3 Å². The molecular weight excluding hydrogens is 438 g/mol. The highest BCUT2D eigenvalue weighted by Gasteiger charge is 2.41. The Bertz CT molecular complexity index is 1100. The summed E-state index contributed by atoms with van der Waals surface area (Å²) in [6, 6.07) is 10.6. The Morgan fingerprint density at radius 2 is 1.91 bits per heavy atom. The second-order valence-electron chi connectivity index (χ2n) is 9.99. The summed E-state index contributed by atoms with van der Waals surface area (Å²) in [5.41, 5.74) is 3.43. The maximum absolute atomic E-state index is 9.20. The van der Waals surface area contributed by atoms with Gasteiger partial charge < -0.3 is 14.8 Å². The van der Waals surface area contributed by atoms with E-state index in [0.29, 0.717) is 36.1 Å². The van der Waals surface area contributed by atoms with Gasteiger partial charge in [0.25, 0.3) is 0 Å². The number of aliphatic hydroxyl groups excluding tert-OH is 1. The van der Waals surface area contributed by atoms with Crippen LogP contribution >= 0.6 is 0 Å². The van der Waals surface area contributed by atoms with E-state index in [0.717, 1.165) is 49.6 Å². The molecule has 2 N–H and O–H groups in total. The van der Waals surface area contributed by atoms with Gasteiger partial charge in [0.05, 0.1) is 6.54 Å². The Labute approximate surface area is 208 Å². The molecule has 7 nitrogen and oxygen atoms in total. The minimum Gasteiger partial charge on any atom is -0.462 e. The number of hydrogen-bond acceptors (Lipinski definition) is 7. The Kier molecular flexibility index (Phi) is 7.56. The maximum atomic E-state index is 9.20. The van der Waals surface area contributed by atoms with Crippen molar-refractivity contribution in [1.29, 1.82) is 0 Å². The van der Waals surface area contributed by atoms with Crippen LogP contribution in [0.15, 0.2) is 47.1 Å². The molecule has 186 valence electrons. The monoisotopic (exact) mass is 475 g/mol. The summed E-state index contributed by atoms with van der Waals surface area (Å²) in [5, 5.41) is 12.8. The van der Waals surface area contributed by atoms with Gasteiger partial charge in [-0.15, -0.1) is 0 Å². The van der Waals surface area contributed by atoms with Crippen molar-refractivity contribution in [3.05, 3.63) is 65.6 Å². The smallest absolute Gasteiger partial charge is 0.159 e. The molecule has 3 aliphatic rings. The number of fused-ring (bicyclic) bond motifs is 3. The number of hydrogen-bond donors (Lipinski definition) is 2. The molecule has 0 spiro atoms. The summed E-state index contributed by atoms with van der Waals surface area (Å²) in [6.45, 7) is 8.31. The predicted octanol–water partition coefficient (Wildman–Crippen LogP) is 4.50. The Balaban J connectivity index is 1.31. The van der Waals surface area contributed by atoms with E-state index < -0.39 is 0 Å². The van der Waals surface area contributed by atoms with Crippen molar-refractivity contribution >= 4 is 0 Å². The van der Waals surface area contributed by atoms with Crippen LogP contribution in [0.5, 0.6) is 0 Å². The van der Waals surface area contributed by atoms with Gasteiger partial charge in [-0.2, -0.15) is 0 Å². The molecule has 7 heteroatoms. The first-order valence-corrected chi connectivity index (χ1v) is 13.1. The molecule has 0 aromatic carbocycles. The zero-order valence-electron chi connectivity index (χ0n) is 20.9. The van der Waals surface area contributed by atoms with Crippen LogP contribution < -0.4 is 5.32 Å². The molecule has 35 heavy (non-hydrogen) atoms. The quantitative estimate of drug-likeness (QED) is 0.447. The second kappa shape index (κ2) is 11.0. The number of pyridine rings is 1. The number of rotatable bonds is 10. The van der Waals surface area contributed by atoms with Crippen LogP contribution in [0.25, 0.3) is 11.4 Å². The average molecular weight is 476 g/mol. The van der Waals surface area contributed by atoms with E-state index in [-0.39, 0.29) is 6.61 Å². The zero-order chi connectivity index (χ0) is 24.2. The van der Waals surface area contributed by atoms with Gasteiger partial charge >= 0.3 is 0 Å². The van der Waals surface area contributed by atoms with Crippen LogP contribution in [0.1, 0.15) is 74.3 Å². The molecule has 0 aliphatic carbocycles. The van der Waals surface area contributed by atoms with Crippen LogP contribution in [-0.2, 0) is 13.2 Å². The van der Waals surface area contributed by atoms with Gasteiger partial charge in [-0.05, 0) is 68.5 Å². The van der Waals surface area contributed by atoms with E-state index in [9.17, 15) is 5.11 Å². The molecule has 4 atom stereocenters. The molecule has 3 aromatic rings. The molecule has 0 amide bonds. The maximum Gasteiger partial charge on any atom is 0.159 e. The average Bonchev–Trinajstić information content (AvgIpc) is 3.38. The highest BCUT2D eigenvalue weighted by Crippen LogP contribution is 2.42. The molecule has 6 heterocycles. The van der Waals surface area contributed by atoms with E-state index >= 15 is 0 Å². The number of aromatic nitrogens is 3. The van der Waals surface area contributed by atoms with Gasteiger partial charge in [-0.1, -0.05) is 13.8 Å². The summed E-state index contributed by atoms with van der Waals surface area (Å²) >= 11 is 0. The molecule has 0 radical (unpaired) electrons. The van der Waals surface area contributed by atoms with Crippen LogP contribution in [0.3, 0.4) is 0 Å². The first-order chi connectivity index (χ1) is 17.2. The molecule has 1 unspecified atom stereocenters. The Morgan fingerprint density at radius 3 is 2.60 bits per heavy atom. The standard InChI is InChI=1S/C28H37N5O2/c1-3-19(4-2)26-14-27(32-28(31-26)20-7-10-29-11-8-20)25-17-33-12-9-21(25)13-22(33)15-30-16-23-5-6-24(18-34)35-23/h5-8,10-11,14,19,21-22,25,30,34H,3-4,9,12-13,15-18H2,1-2H3/t21-,22+,25-/m0/s1. The first-order valence-electron chi connectivity index (χ1n) is 13.1. The van der Waals surface area contributed by atoms with Gasteiger partial charge in [0.2, 0.25) is 0 Å². The predicted molar refractivity (Wildman–Crippen MR) is 136 cm³/mol. The summed E-state index contributed by atoms with van der Waals surface area (Å²) in [7, 11) is 0. The summed E-state index contributed by atoms with van der Waals surface area (Å²) in [5.74, 6) is 3.89. The van der Waals surface area contributed by atoms with Crippen molar-refractivity contribution in [3.63, 3.8) is 0 Å². The van der Waals surface area contributed by atoms with Gasteiger partial charge in [0, 0.05) is 60.3 Å². The third-order valence-corrected chi connectivity index (χ3v) is 7.92. The fraction of sp³-hybridized carbons (Fsp3) is 0.536. The van der Waals surface area contributed by atoms with Crippen LogP contribution in [0.2, 0.25) is 0 Å². The van der Waals surface area contributed by atoms with E-state index in [1.54, 1.807) is 0 Å². The number of piperidine rings is 3. The Morgan fingerprint density at radius 1 is 1.11 bits per heavy atom. The van der Waals surface area contributed by atoms with Crippen LogP contribution in [-0.4, -0.2) is 50.6 Å². The van der Waals surface area contributed by atoms with E-state index in [1.165, 1.54) is 24.2 Å². The van der Waals surface area contributed by atoms with Crippen molar-refractivity contribution < 1.29 is 9.52 Å². The number of aliphatic hydroxyl groups is 1. The Hall–Kier alpha value is -2.61. The summed E-state index contributed by atoms with van der Waals surface area (Å²) < 4.78 is 5.61. The lowest BCUT2D eigenvalue weighted by Crippen LogP contribution is -2.55. The molecule has 3 saturated heterocycles. The lowest BCUT2D eigenvalue weighted by Gasteiger charge is -2.50. The molecule has 3 fully saturated rings. The largest absolute Gasteiger partial charge is 0.462 e. The molecule has 2 bridgehead atoms. The minimum absolute atomic E-state index is 0.0512. The molecular formula is C28H37N5O2. The fourth-order valence-electron chi connectivity index (χ4n) is 5.87. The van der Waals surface area contributed by atoms with Crippen molar-refractivity contribution in [1.82, 2.24) is 25.2 Å². The van der Waals surface area contributed by atoms with Crippen LogP contribution in [0.4, 0.5) is 0 Å². The number of furan rings is 1. The highest BCUT2D eigenvalue weighted by atomic mass is 16.4. The summed E-state index contributed by atoms with van der Waals surface area (Å²) in [6.07, 6.45) is 8.24. The van der Waals surface area contributed by atoms with Gasteiger partial charge in [0.15, 0.2) is 5.82 Å². The normalized spacial score (nSPS) is 23.8. The van der Waals surface area contributed by atoms with Crippen LogP contribution in [0, 0.1) is 5.92 Å². The molecule has 0 saturated carbocycles. The third-order valence-electron chi connectivity index (χ3n) is 7.92. The molecule has 3 aliphatic heterocycles. The lowest BCUT2D eigenvalue weighted by molar-refractivity contribution is 0.0290. The number of nitrogens with one attached hydrogen (secondary N) is 1.